The van der Waals surface area contributed by atoms with E-state index < -0.39 is 0 Å². The summed E-state index contributed by atoms with van der Waals surface area (Å²) in [6.45, 7) is 4.61. The summed E-state index contributed by atoms with van der Waals surface area (Å²) in [7, 11) is 0. The standard InChI is InChI=1S/C16H23FN2O2/c1-16(2,7-8-20)10-18-15(21)19-14-6-3-11-9-12(17)4-5-13(11)14/h4-5,9,14,20H,3,6-8,10H2,1-2H3,(H2,18,19,21). The molecule has 116 valence electrons. The Morgan fingerprint density at radius 1 is 1.48 bits per heavy atom. The number of nitrogens with one attached hydrogen (secondary N) is 2. The molecular formula is C16H23FN2O2. The summed E-state index contributed by atoms with van der Waals surface area (Å²) in [6.07, 6.45) is 2.22. The number of aryl methyl sites for hydroxylation is 1. The van der Waals surface area contributed by atoms with Gasteiger partial charge in [0.05, 0.1) is 6.04 Å². The molecule has 0 heterocycles. The third kappa shape index (κ3) is 4.17. The topological polar surface area (TPSA) is 61.4 Å². The largest absolute Gasteiger partial charge is 0.396 e. The predicted octanol–water partition coefficient (Wildman–Crippen LogP) is 2.52. The van der Waals surface area contributed by atoms with Crippen molar-refractivity contribution in [3.63, 3.8) is 0 Å². The highest BCUT2D eigenvalue weighted by molar-refractivity contribution is 5.74. The van der Waals surface area contributed by atoms with E-state index in [0.717, 1.165) is 24.0 Å². The lowest BCUT2D eigenvalue weighted by molar-refractivity contribution is 0.200. The number of carbonyl (C=O) groups is 1. The van der Waals surface area contributed by atoms with E-state index in [2.05, 4.69) is 10.6 Å². The predicted molar refractivity (Wildman–Crippen MR) is 79.5 cm³/mol. The Morgan fingerprint density at radius 3 is 2.95 bits per heavy atom. The highest BCUT2D eigenvalue weighted by Gasteiger charge is 2.25. The van der Waals surface area contributed by atoms with Crippen LogP contribution in [0.25, 0.3) is 0 Å². The second-order valence-electron chi connectivity index (χ2n) is 6.40. The first-order chi connectivity index (χ1) is 9.91. The van der Waals surface area contributed by atoms with Crippen LogP contribution in [0.2, 0.25) is 0 Å². The van der Waals surface area contributed by atoms with Gasteiger partial charge in [-0.3, -0.25) is 0 Å². The molecule has 5 heteroatoms. The van der Waals surface area contributed by atoms with E-state index in [4.69, 9.17) is 5.11 Å². The number of aliphatic hydroxyl groups excluding tert-OH is 1. The summed E-state index contributed by atoms with van der Waals surface area (Å²) in [6, 6.07) is 4.45. The number of benzene rings is 1. The third-order valence-electron chi connectivity index (χ3n) is 4.00. The zero-order valence-corrected chi connectivity index (χ0v) is 12.6. The Bertz CT molecular complexity index is 517. The number of hydrogen-bond acceptors (Lipinski definition) is 2. The summed E-state index contributed by atoms with van der Waals surface area (Å²) in [5.74, 6) is -0.232. The monoisotopic (exact) mass is 294 g/mol. The Morgan fingerprint density at radius 2 is 2.24 bits per heavy atom. The summed E-state index contributed by atoms with van der Waals surface area (Å²) in [4.78, 5) is 12.0. The molecule has 21 heavy (non-hydrogen) atoms. The minimum Gasteiger partial charge on any atom is -0.396 e. The highest BCUT2D eigenvalue weighted by Crippen LogP contribution is 2.31. The Labute approximate surface area is 124 Å². The van der Waals surface area contributed by atoms with E-state index in [1.165, 1.54) is 6.07 Å². The molecule has 1 unspecified atom stereocenters. The molecule has 0 saturated carbocycles. The minimum atomic E-state index is -0.232. The molecule has 3 N–H and O–H groups in total. The smallest absolute Gasteiger partial charge is 0.315 e. The van der Waals surface area contributed by atoms with Crippen LogP contribution in [0.5, 0.6) is 0 Å². The molecule has 0 aliphatic heterocycles. The van der Waals surface area contributed by atoms with Crippen molar-refractivity contribution < 1.29 is 14.3 Å². The molecule has 0 saturated heterocycles. The van der Waals surface area contributed by atoms with Crippen molar-refractivity contribution in [2.45, 2.75) is 39.2 Å². The van der Waals surface area contributed by atoms with E-state index in [1.807, 2.05) is 13.8 Å². The van der Waals surface area contributed by atoms with Crippen molar-refractivity contribution >= 4 is 6.03 Å². The second kappa shape index (κ2) is 6.43. The van der Waals surface area contributed by atoms with Gasteiger partial charge in [-0.25, -0.2) is 9.18 Å². The first-order valence-electron chi connectivity index (χ1n) is 7.35. The molecule has 0 fully saturated rings. The molecule has 0 bridgehead atoms. The average molecular weight is 294 g/mol. The van der Waals surface area contributed by atoms with Gasteiger partial charge in [0.2, 0.25) is 0 Å². The average Bonchev–Trinajstić information content (AvgIpc) is 2.79. The van der Waals surface area contributed by atoms with Gasteiger partial charge in [-0.05, 0) is 47.9 Å². The molecule has 0 spiro atoms. The second-order valence-corrected chi connectivity index (χ2v) is 6.40. The molecule has 4 nitrogen and oxygen atoms in total. The maximum atomic E-state index is 13.2. The Balaban J connectivity index is 1.88. The summed E-state index contributed by atoms with van der Waals surface area (Å²) >= 11 is 0. The summed E-state index contributed by atoms with van der Waals surface area (Å²) in [5, 5.41) is 14.7. The number of fused-ring (bicyclic) bond motifs is 1. The number of rotatable bonds is 5. The molecule has 1 aromatic carbocycles. The maximum Gasteiger partial charge on any atom is 0.315 e. The first-order valence-corrected chi connectivity index (χ1v) is 7.35. The third-order valence-corrected chi connectivity index (χ3v) is 4.00. The van der Waals surface area contributed by atoms with Gasteiger partial charge < -0.3 is 15.7 Å². The van der Waals surface area contributed by atoms with Gasteiger partial charge in [0.1, 0.15) is 5.82 Å². The maximum absolute atomic E-state index is 13.2. The highest BCUT2D eigenvalue weighted by atomic mass is 19.1. The van der Waals surface area contributed by atoms with Crippen LogP contribution in [0.4, 0.5) is 9.18 Å². The number of halogens is 1. The zero-order valence-electron chi connectivity index (χ0n) is 12.6. The normalized spacial score (nSPS) is 17.4. The van der Waals surface area contributed by atoms with E-state index in [0.29, 0.717) is 13.0 Å². The number of amides is 2. The van der Waals surface area contributed by atoms with Crippen molar-refractivity contribution in [3.8, 4) is 0 Å². The minimum absolute atomic E-state index is 0.0541. The number of aliphatic hydroxyl groups is 1. The molecule has 2 amide bonds. The lowest BCUT2D eigenvalue weighted by atomic mass is 9.90. The van der Waals surface area contributed by atoms with E-state index in [-0.39, 0.29) is 29.9 Å². The first kappa shape index (κ1) is 15.8. The Kier molecular flexibility index (Phi) is 4.83. The molecule has 1 atom stereocenters. The van der Waals surface area contributed by atoms with Gasteiger partial charge in [0, 0.05) is 13.2 Å². The Hall–Kier alpha value is -1.62. The van der Waals surface area contributed by atoms with Gasteiger partial charge in [0.25, 0.3) is 0 Å². The van der Waals surface area contributed by atoms with Gasteiger partial charge in [-0.2, -0.15) is 0 Å². The van der Waals surface area contributed by atoms with Crippen LogP contribution >= 0.6 is 0 Å². The molecule has 1 aliphatic rings. The SMILES string of the molecule is CC(C)(CCO)CNC(=O)NC1CCc2cc(F)ccc21. The van der Waals surface area contributed by atoms with E-state index in [9.17, 15) is 9.18 Å². The summed E-state index contributed by atoms with van der Waals surface area (Å²) in [5.41, 5.74) is 1.84. The van der Waals surface area contributed by atoms with Crippen molar-refractivity contribution in [1.29, 1.82) is 0 Å². The van der Waals surface area contributed by atoms with Crippen molar-refractivity contribution in [2.24, 2.45) is 5.41 Å². The summed E-state index contributed by atoms with van der Waals surface area (Å²) < 4.78 is 13.2. The fourth-order valence-corrected chi connectivity index (χ4v) is 2.66. The van der Waals surface area contributed by atoms with Crippen molar-refractivity contribution in [1.82, 2.24) is 10.6 Å². The fourth-order valence-electron chi connectivity index (χ4n) is 2.66. The van der Waals surface area contributed by atoms with Crippen LogP contribution in [0.15, 0.2) is 18.2 Å². The molecule has 0 radical (unpaired) electrons. The van der Waals surface area contributed by atoms with Crippen LogP contribution in [0.1, 0.15) is 43.9 Å². The van der Waals surface area contributed by atoms with Crippen LogP contribution in [-0.4, -0.2) is 24.3 Å². The van der Waals surface area contributed by atoms with Crippen LogP contribution < -0.4 is 10.6 Å². The van der Waals surface area contributed by atoms with Crippen LogP contribution in [0, 0.1) is 11.2 Å². The van der Waals surface area contributed by atoms with Crippen LogP contribution in [-0.2, 0) is 6.42 Å². The van der Waals surface area contributed by atoms with Gasteiger partial charge in [-0.1, -0.05) is 19.9 Å². The van der Waals surface area contributed by atoms with Gasteiger partial charge in [0.15, 0.2) is 0 Å². The fraction of sp³-hybridized carbons (Fsp3) is 0.562. The zero-order chi connectivity index (χ0) is 15.5. The van der Waals surface area contributed by atoms with Crippen molar-refractivity contribution in [3.05, 3.63) is 35.1 Å². The van der Waals surface area contributed by atoms with E-state index >= 15 is 0 Å². The molecular weight excluding hydrogens is 271 g/mol. The molecule has 2 rings (SSSR count). The van der Waals surface area contributed by atoms with Crippen molar-refractivity contribution in [2.75, 3.05) is 13.2 Å². The number of hydrogen-bond donors (Lipinski definition) is 3. The molecule has 0 aromatic heterocycles. The number of carbonyl (C=O) groups excluding carboxylic acids is 1. The van der Waals surface area contributed by atoms with E-state index in [1.54, 1.807) is 12.1 Å². The van der Waals surface area contributed by atoms with Gasteiger partial charge in [-0.15, -0.1) is 0 Å². The lowest BCUT2D eigenvalue weighted by Crippen LogP contribution is -2.42. The quantitative estimate of drug-likeness (QED) is 0.781. The number of urea groups is 1. The lowest BCUT2D eigenvalue weighted by Gasteiger charge is -2.24. The van der Waals surface area contributed by atoms with Crippen LogP contribution in [0.3, 0.4) is 0 Å². The molecule has 1 aromatic rings. The van der Waals surface area contributed by atoms with Gasteiger partial charge >= 0.3 is 6.03 Å². The molecule has 1 aliphatic carbocycles.